The number of hydrogen-bond donors (Lipinski definition) is 2. The quantitative estimate of drug-likeness (QED) is 0.178. The van der Waals surface area contributed by atoms with Gasteiger partial charge in [-0.05, 0) is 105 Å². The molecule has 1 heterocycles. The SMILES string of the molecule is CCC1C(C)CC(C(OC(C)=O)C(C)(C)O)OC1C(=O)C1(N)CCCC23CC24CCC(OC(C=O)OCC=O)C(C)(C)C4CCC13. The fourth-order valence-electron chi connectivity index (χ4n) is 11.4. The molecule has 10 nitrogen and oxygen atoms in total. The fraction of sp³-hybridized carbons (Fsp3) is 0.889. The number of nitrogens with two attached hydrogens (primary N) is 1. The molecule has 0 aromatic carbocycles. The number of aliphatic hydroxyl groups is 1. The van der Waals surface area contributed by atoms with Gasteiger partial charge in [-0.3, -0.25) is 14.4 Å². The van der Waals surface area contributed by atoms with Gasteiger partial charge in [-0.25, -0.2) is 0 Å². The van der Waals surface area contributed by atoms with Crippen molar-refractivity contribution in [1.29, 1.82) is 0 Å². The second-order valence-corrected chi connectivity index (χ2v) is 16.5. The maximum absolute atomic E-state index is 14.9. The van der Waals surface area contributed by atoms with E-state index >= 15 is 0 Å². The summed E-state index contributed by atoms with van der Waals surface area (Å²) in [5, 5.41) is 11.0. The van der Waals surface area contributed by atoms with Crippen LogP contribution in [0.25, 0.3) is 0 Å². The minimum Gasteiger partial charge on any atom is -0.457 e. The molecule has 0 aromatic rings. The number of hydrogen-bond acceptors (Lipinski definition) is 10. The number of esters is 1. The third kappa shape index (κ3) is 5.71. The van der Waals surface area contributed by atoms with Gasteiger partial charge in [-0.15, -0.1) is 0 Å². The highest BCUT2D eigenvalue weighted by Crippen LogP contribution is 2.85. The van der Waals surface area contributed by atoms with Crippen LogP contribution in [-0.2, 0) is 38.1 Å². The van der Waals surface area contributed by atoms with Crippen LogP contribution in [0.15, 0.2) is 0 Å². The minimum atomic E-state index is -1.35. The molecule has 3 N–H and O–H groups in total. The molecule has 0 bridgehead atoms. The Kier molecular flexibility index (Phi) is 9.77. The first kappa shape index (κ1) is 35.6. The van der Waals surface area contributed by atoms with E-state index in [1.807, 2.05) is 0 Å². The monoisotopic (exact) mass is 647 g/mol. The fourth-order valence-corrected chi connectivity index (χ4v) is 11.4. The van der Waals surface area contributed by atoms with E-state index in [1.165, 1.54) is 6.92 Å². The van der Waals surface area contributed by atoms with Gasteiger partial charge in [0, 0.05) is 6.92 Å². The van der Waals surface area contributed by atoms with Crippen molar-refractivity contribution in [2.24, 2.45) is 45.7 Å². The topological polar surface area (TPSA) is 151 Å². The molecular formula is C36H57NO9. The standard InChI is InChI=1S/C36H57NO9/c1-8-23-21(2)18-24(31(33(6,7)42)44-22(3)40)45-29(23)30(41)36(37)14-9-13-34-20-35(34)15-12-27(46-28(19-39)43-17-16-38)32(4,5)25(35)10-11-26(34)36/h16,19,21,23-29,31,42H,8-15,17-18,20,37H2,1-7H3. The van der Waals surface area contributed by atoms with Crippen molar-refractivity contribution in [2.45, 2.75) is 155 Å². The Morgan fingerprint density at radius 1 is 1.09 bits per heavy atom. The van der Waals surface area contributed by atoms with E-state index in [0.717, 1.165) is 51.4 Å². The lowest BCUT2D eigenvalue weighted by molar-refractivity contribution is -0.217. The number of ketones is 1. The molecule has 5 rings (SSSR count). The van der Waals surface area contributed by atoms with E-state index in [9.17, 15) is 24.3 Å². The Morgan fingerprint density at radius 2 is 1.76 bits per heavy atom. The zero-order chi connectivity index (χ0) is 33.9. The molecule has 46 heavy (non-hydrogen) atoms. The Morgan fingerprint density at radius 3 is 2.37 bits per heavy atom. The lowest BCUT2D eigenvalue weighted by Gasteiger charge is -2.59. The van der Waals surface area contributed by atoms with Crippen molar-refractivity contribution >= 4 is 24.3 Å². The number of rotatable bonds is 12. The van der Waals surface area contributed by atoms with Crippen molar-refractivity contribution < 1.29 is 43.2 Å². The molecule has 0 aromatic heterocycles. The molecule has 260 valence electrons. The maximum atomic E-state index is 14.9. The van der Waals surface area contributed by atoms with Crippen LogP contribution in [0.2, 0.25) is 0 Å². The van der Waals surface area contributed by atoms with Crippen molar-refractivity contribution in [1.82, 2.24) is 0 Å². The number of carbonyl (C=O) groups excluding carboxylic acids is 4. The summed E-state index contributed by atoms with van der Waals surface area (Å²) in [6.07, 6.45) is 6.12. The number of aldehydes is 2. The van der Waals surface area contributed by atoms with Crippen LogP contribution >= 0.6 is 0 Å². The Labute approximate surface area is 274 Å². The van der Waals surface area contributed by atoms with Gasteiger partial charge in [0.05, 0.1) is 23.3 Å². The van der Waals surface area contributed by atoms with Crippen LogP contribution in [0, 0.1) is 39.9 Å². The first-order chi connectivity index (χ1) is 21.5. The van der Waals surface area contributed by atoms with Crippen molar-refractivity contribution in [2.75, 3.05) is 6.61 Å². The maximum Gasteiger partial charge on any atom is 0.303 e. The summed E-state index contributed by atoms with van der Waals surface area (Å²) in [5.41, 5.74) is 4.86. The lowest BCUT2D eigenvalue weighted by atomic mass is 9.47. The summed E-state index contributed by atoms with van der Waals surface area (Å²) >= 11 is 0. The lowest BCUT2D eigenvalue weighted by Crippen LogP contribution is -2.67. The summed E-state index contributed by atoms with van der Waals surface area (Å²) in [6, 6.07) is 0. The molecule has 5 aliphatic rings. The molecule has 0 amide bonds. The molecule has 10 heteroatoms. The average molecular weight is 648 g/mol. The molecule has 2 spiro atoms. The molecular weight excluding hydrogens is 590 g/mol. The molecule has 12 atom stereocenters. The van der Waals surface area contributed by atoms with Gasteiger partial charge in [0.25, 0.3) is 0 Å². The van der Waals surface area contributed by atoms with Crippen LogP contribution in [0.3, 0.4) is 0 Å². The Balaban J connectivity index is 1.40. The van der Waals surface area contributed by atoms with Crippen molar-refractivity contribution in [3.8, 4) is 0 Å². The Hall–Kier alpha value is -1.72. The third-order valence-corrected chi connectivity index (χ3v) is 13.3. The first-order valence-electron chi connectivity index (χ1n) is 17.6. The van der Waals surface area contributed by atoms with E-state index in [1.54, 1.807) is 13.8 Å². The van der Waals surface area contributed by atoms with Gasteiger partial charge >= 0.3 is 5.97 Å². The van der Waals surface area contributed by atoms with Gasteiger partial charge in [-0.1, -0.05) is 40.5 Å². The predicted octanol–water partition coefficient (Wildman–Crippen LogP) is 4.31. The molecule has 12 unspecified atom stereocenters. The zero-order valence-corrected chi connectivity index (χ0v) is 28.9. The van der Waals surface area contributed by atoms with Crippen LogP contribution in [0.1, 0.15) is 113 Å². The highest BCUT2D eigenvalue weighted by Gasteiger charge is 2.80. The van der Waals surface area contributed by atoms with Crippen LogP contribution < -0.4 is 5.73 Å². The normalized spacial score (nSPS) is 42.8. The minimum absolute atomic E-state index is 0.0202. The van der Waals surface area contributed by atoms with Crippen LogP contribution in [0.5, 0.6) is 0 Å². The molecule has 1 aliphatic heterocycles. The second-order valence-electron chi connectivity index (χ2n) is 16.5. The summed E-state index contributed by atoms with van der Waals surface area (Å²) < 4.78 is 23.8. The van der Waals surface area contributed by atoms with Gasteiger partial charge in [0.1, 0.15) is 19.0 Å². The van der Waals surface area contributed by atoms with E-state index in [2.05, 4.69) is 27.7 Å². The first-order valence-corrected chi connectivity index (χ1v) is 17.6. The molecule has 1 saturated heterocycles. The van der Waals surface area contributed by atoms with E-state index in [0.29, 0.717) is 31.3 Å². The van der Waals surface area contributed by atoms with Crippen molar-refractivity contribution in [3.05, 3.63) is 0 Å². The van der Waals surface area contributed by atoms with Crippen LogP contribution in [0.4, 0.5) is 0 Å². The van der Waals surface area contributed by atoms with E-state index < -0.39 is 41.7 Å². The highest BCUT2D eigenvalue weighted by atomic mass is 16.7. The Bertz CT molecular complexity index is 1180. The average Bonchev–Trinajstić information content (AvgIpc) is 3.64. The summed E-state index contributed by atoms with van der Waals surface area (Å²) in [6.45, 7) is 13.0. The largest absolute Gasteiger partial charge is 0.457 e. The van der Waals surface area contributed by atoms with Gasteiger partial charge in [0.15, 0.2) is 18.2 Å². The van der Waals surface area contributed by atoms with Crippen molar-refractivity contribution in [3.63, 3.8) is 0 Å². The summed E-state index contributed by atoms with van der Waals surface area (Å²) in [5.74, 6) is -0.0488. The summed E-state index contributed by atoms with van der Waals surface area (Å²) in [4.78, 5) is 49.4. The molecule has 4 saturated carbocycles. The highest BCUT2D eigenvalue weighted by molar-refractivity contribution is 5.93. The molecule has 4 aliphatic carbocycles. The van der Waals surface area contributed by atoms with Gasteiger partial charge in [0.2, 0.25) is 6.29 Å². The summed E-state index contributed by atoms with van der Waals surface area (Å²) in [7, 11) is 0. The predicted molar refractivity (Wildman–Crippen MR) is 169 cm³/mol. The second kappa shape index (κ2) is 12.6. The third-order valence-electron chi connectivity index (χ3n) is 13.3. The van der Waals surface area contributed by atoms with Crippen LogP contribution in [-0.4, -0.2) is 77.9 Å². The molecule has 0 radical (unpaired) electrons. The number of Topliss-reactive ketones (excluding diaryl/α,β-unsaturated/α-hetero) is 1. The smallest absolute Gasteiger partial charge is 0.303 e. The number of carbonyl (C=O) groups is 4. The number of ether oxygens (including phenoxy) is 4. The van der Waals surface area contributed by atoms with Gasteiger partial charge < -0.3 is 34.6 Å². The van der Waals surface area contributed by atoms with E-state index in [-0.39, 0.29) is 52.5 Å². The zero-order valence-electron chi connectivity index (χ0n) is 28.9. The molecule has 5 fully saturated rings. The van der Waals surface area contributed by atoms with Gasteiger partial charge in [-0.2, -0.15) is 0 Å². The van der Waals surface area contributed by atoms with E-state index in [4.69, 9.17) is 24.7 Å².